The molecule has 1 amide bonds. The molecule has 86 valence electrons. The van der Waals surface area contributed by atoms with Crippen LogP contribution in [0.15, 0.2) is 18.2 Å². The molecule has 0 fully saturated rings. The molecule has 0 aliphatic carbocycles. The van der Waals surface area contributed by atoms with Crippen LogP contribution in [0.2, 0.25) is 0 Å². The van der Waals surface area contributed by atoms with Gasteiger partial charge in [-0.1, -0.05) is 12.1 Å². The van der Waals surface area contributed by atoms with Gasteiger partial charge in [0.2, 0.25) is 0 Å². The van der Waals surface area contributed by atoms with Gasteiger partial charge in [0.15, 0.2) is 0 Å². The third-order valence-electron chi connectivity index (χ3n) is 2.49. The Kier molecular flexibility index (Phi) is 3.19. The highest BCUT2D eigenvalue weighted by Gasteiger charge is 2.26. The monoisotopic (exact) mass is 283 g/mol. The highest BCUT2D eigenvalue weighted by atomic mass is 79.9. The topological polar surface area (TPSA) is 29.5 Å². The fourth-order valence-electron chi connectivity index (χ4n) is 1.82. The zero-order valence-electron chi connectivity index (χ0n) is 9.37. The van der Waals surface area contributed by atoms with E-state index < -0.39 is 0 Å². The van der Waals surface area contributed by atoms with Gasteiger partial charge >= 0.3 is 0 Å². The Bertz CT molecular complexity index is 417. The second kappa shape index (κ2) is 4.45. The van der Waals surface area contributed by atoms with Gasteiger partial charge in [0, 0.05) is 6.54 Å². The first-order valence-electron chi connectivity index (χ1n) is 5.36. The lowest BCUT2D eigenvalue weighted by Gasteiger charge is -2.25. The van der Waals surface area contributed by atoms with E-state index in [1.54, 1.807) is 3.93 Å². The molecule has 2 rings (SSSR count). The van der Waals surface area contributed by atoms with E-state index in [2.05, 4.69) is 16.1 Å². The molecule has 0 bridgehead atoms. The van der Waals surface area contributed by atoms with Crippen molar-refractivity contribution in [1.29, 1.82) is 0 Å². The average molecular weight is 284 g/mol. The Balaban J connectivity index is 2.44. The van der Waals surface area contributed by atoms with E-state index in [0.717, 1.165) is 12.0 Å². The number of hydrogen-bond donors (Lipinski definition) is 0. The Morgan fingerprint density at radius 2 is 2.19 bits per heavy atom. The maximum absolute atomic E-state index is 12.0. The molecule has 1 aromatic carbocycles. The number of carbonyl (C=O) groups is 1. The Morgan fingerprint density at radius 1 is 1.44 bits per heavy atom. The third kappa shape index (κ3) is 2.07. The van der Waals surface area contributed by atoms with Gasteiger partial charge in [-0.3, -0.25) is 8.72 Å². The van der Waals surface area contributed by atoms with Crippen LogP contribution >= 0.6 is 16.1 Å². The summed E-state index contributed by atoms with van der Waals surface area (Å²) in [4.78, 5) is 12.0. The summed E-state index contributed by atoms with van der Waals surface area (Å²) in [5.74, 6) is 0.666. The lowest BCUT2D eigenvalue weighted by molar-refractivity contribution is 0.0861. The van der Waals surface area contributed by atoms with Crippen LogP contribution < -0.4 is 4.74 Å². The summed E-state index contributed by atoms with van der Waals surface area (Å²) in [5.41, 5.74) is 1.76. The average Bonchev–Trinajstić information content (AvgIpc) is 2.23. The molecule has 0 saturated heterocycles. The zero-order valence-corrected chi connectivity index (χ0v) is 11.0. The second-order valence-corrected chi connectivity index (χ2v) is 4.95. The summed E-state index contributed by atoms with van der Waals surface area (Å²) in [6, 6.07) is 5.77. The van der Waals surface area contributed by atoms with Crippen LogP contribution in [0.5, 0.6) is 5.75 Å². The predicted octanol–water partition coefficient (Wildman–Crippen LogP) is 2.78. The minimum Gasteiger partial charge on any atom is -0.490 e. The van der Waals surface area contributed by atoms with Gasteiger partial charge in [0.05, 0.1) is 27.8 Å². The van der Waals surface area contributed by atoms with Crippen LogP contribution in [-0.2, 0) is 6.42 Å². The van der Waals surface area contributed by atoms with Crippen LogP contribution in [0, 0.1) is 0 Å². The number of carbonyl (C=O) groups excluding carboxylic acids is 1. The van der Waals surface area contributed by atoms with Gasteiger partial charge in [0.1, 0.15) is 5.75 Å². The molecule has 0 radical (unpaired) electrons. The maximum atomic E-state index is 12.0. The van der Waals surface area contributed by atoms with Gasteiger partial charge in [-0.2, -0.15) is 0 Å². The summed E-state index contributed by atoms with van der Waals surface area (Å²) in [5, 5.41) is 0. The van der Waals surface area contributed by atoms with E-state index in [9.17, 15) is 4.79 Å². The maximum Gasteiger partial charge on any atom is 0.267 e. The van der Waals surface area contributed by atoms with Crippen molar-refractivity contribution >= 4 is 22.1 Å². The number of nitrogens with zero attached hydrogens (tertiary/aromatic N) is 1. The van der Waals surface area contributed by atoms with Crippen molar-refractivity contribution in [3.63, 3.8) is 0 Å². The Labute approximate surface area is 104 Å². The number of hydrogen-bond acceptors (Lipinski definition) is 2. The summed E-state index contributed by atoms with van der Waals surface area (Å²) in [6.07, 6.45) is 0.937. The van der Waals surface area contributed by atoms with Crippen molar-refractivity contribution in [2.45, 2.75) is 26.4 Å². The number of halogens is 1. The largest absolute Gasteiger partial charge is 0.490 e. The van der Waals surface area contributed by atoms with Crippen molar-refractivity contribution in [2.24, 2.45) is 0 Å². The van der Waals surface area contributed by atoms with Crippen molar-refractivity contribution < 1.29 is 9.53 Å². The Morgan fingerprint density at radius 3 is 2.88 bits per heavy atom. The summed E-state index contributed by atoms with van der Waals surface area (Å²) < 4.78 is 7.22. The standard InChI is InChI=1S/C12H14BrNO2/c1-8(2)16-10-5-3-4-9-6-7-14(13)12(15)11(9)10/h3-5,8H,6-7H2,1-2H3. The molecule has 0 unspecified atom stereocenters. The highest BCUT2D eigenvalue weighted by Crippen LogP contribution is 2.29. The van der Waals surface area contributed by atoms with Crippen LogP contribution in [0.3, 0.4) is 0 Å². The molecule has 1 aliphatic rings. The van der Waals surface area contributed by atoms with Crippen LogP contribution in [0.4, 0.5) is 0 Å². The van der Waals surface area contributed by atoms with Gasteiger partial charge in [-0.15, -0.1) is 0 Å². The van der Waals surface area contributed by atoms with Crippen LogP contribution in [0.25, 0.3) is 0 Å². The van der Waals surface area contributed by atoms with Gasteiger partial charge in [-0.25, -0.2) is 0 Å². The van der Waals surface area contributed by atoms with Crippen molar-refractivity contribution in [2.75, 3.05) is 6.54 Å². The number of amides is 1. The van der Waals surface area contributed by atoms with Gasteiger partial charge in [0.25, 0.3) is 5.91 Å². The fraction of sp³-hybridized carbons (Fsp3) is 0.417. The number of benzene rings is 1. The number of fused-ring (bicyclic) bond motifs is 1. The molecule has 1 heterocycles. The SMILES string of the molecule is CC(C)Oc1cccc2c1C(=O)N(Br)CC2. The molecule has 0 spiro atoms. The normalized spacial score (nSPS) is 15.2. The number of ether oxygens (including phenoxy) is 1. The van der Waals surface area contributed by atoms with E-state index in [1.165, 1.54) is 0 Å². The summed E-state index contributed by atoms with van der Waals surface area (Å²) in [6.45, 7) is 4.62. The molecular formula is C12H14BrNO2. The molecular weight excluding hydrogens is 270 g/mol. The van der Waals surface area contributed by atoms with Gasteiger partial charge < -0.3 is 4.74 Å². The lowest BCUT2D eigenvalue weighted by Crippen LogP contribution is -2.30. The molecule has 16 heavy (non-hydrogen) atoms. The lowest BCUT2D eigenvalue weighted by atomic mass is 9.99. The summed E-state index contributed by atoms with van der Waals surface area (Å²) >= 11 is 3.25. The van der Waals surface area contributed by atoms with E-state index in [0.29, 0.717) is 17.9 Å². The molecule has 0 atom stereocenters. The van der Waals surface area contributed by atoms with E-state index in [4.69, 9.17) is 4.74 Å². The highest BCUT2D eigenvalue weighted by molar-refractivity contribution is 9.07. The van der Waals surface area contributed by atoms with Crippen molar-refractivity contribution in [3.8, 4) is 5.75 Å². The molecule has 0 N–H and O–H groups in total. The van der Waals surface area contributed by atoms with E-state index >= 15 is 0 Å². The van der Waals surface area contributed by atoms with Crippen molar-refractivity contribution in [1.82, 2.24) is 3.93 Å². The third-order valence-corrected chi connectivity index (χ3v) is 3.16. The first kappa shape index (κ1) is 11.5. The number of rotatable bonds is 2. The Hall–Kier alpha value is -1.03. The zero-order chi connectivity index (χ0) is 11.7. The smallest absolute Gasteiger partial charge is 0.267 e. The molecule has 1 aliphatic heterocycles. The molecule has 4 heteroatoms. The fourth-order valence-corrected chi connectivity index (χ4v) is 2.18. The van der Waals surface area contributed by atoms with Crippen LogP contribution in [-0.4, -0.2) is 22.5 Å². The molecule has 1 aromatic rings. The van der Waals surface area contributed by atoms with Crippen LogP contribution in [0.1, 0.15) is 29.8 Å². The first-order chi connectivity index (χ1) is 7.59. The minimum atomic E-state index is -0.0162. The second-order valence-electron chi connectivity index (χ2n) is 4.10. The first-order valence-corrected chi connectivity index (χ1v) is 6.06. The summed E-state index contributed by atoms with van der Waals surface area (Å²) in [7, 11) is 0. The molecule has 0 saturated carbocycles. The molecule has 0 aromatic heterocycles. The van der Waals surface area contributed by atoms with Crippen molar-refractivity contribution in [3.05, 3.63) is 29.3 Å². The van der Waals surface area contributed by atoms with E-state index in [1.807, 2.05) is 32.0 Å². The predicted molar refractivity (Wildman–Crippen MR) is 65.9 cm³/mol. The minimum absolute atomic E-state index is 0.0162. The van der Waals surface area contributed by atoms with E-state index in [-0.39, 0.29) is 12.0 Å². The quantitative estimate of drug-likeness (QED) is 0.781. The molecule has 3 nitrogen and oxygen atoms in total. The van der Waals surface area contributed by atoms with Gasteiger partial charge in [-0.05, 0) is 31.9 Å².